The van der Waals surface area contributed by atoms with Crippen LogP contribution in [0.4, 0.5) is 74.6 Å². The van der Waals surface area contributed by atoms with Gasteiger partial charge >= 0.3 is 57.1 Å². The normalized spacial score (nSPS) is 15.3. The Labute approximate surface area is 198 Å². The largest absolute Gasteiger partial charge is 0.460 e. The fourth-order valence-electron chi connectivity index (χ4n) is 2.02. The molecule has 1 rings (SSSR count). The number of rotatable bonds is 9. The zero-order chi connectivity index (χ0) is 31.2. The first-order valence-corrected chi connectivity index (χ1v) is 10.0. The van der Waals surface area contributed by atoms with Crippen LogP contribution >= 0.6 is 0 Å². The van der Waals surface area contributed by atoms with Gasteiger partial charge in [0.15, 0.2) is 0 Å². The van der Waals surface area contributed by atoms with Crippen molar-refractivity contribution in [1.29, 1.82) is 0 Å². The van der Waals surface area contributed by atoms with Crippen molar-refractivity contribution in [1.82, 2.24) is 9.78 Å². The molecule has 0 unspecified atom stereocenters. The van der Waals surface area contributed by atoms with Crippen LogP contribution < -0.4 is 0 Å². The summed E-state index contributed by atoms with van der Waals surface area (Å²) in [6.45, 7) is 0.178. The lowest BCUT2D eigenvalue weighted by molar-refractivity contribution is -0.458. The molecule has 2 N–H and O–H groups in total. The molecule has 0 fully saturated rings. The molecule has 6 nitrogen and oxygen atoms in total. The van der Waals surface area contributed by atoms with Gasteiger partial charge in [0.25, 0.3) is 0 Å². The topological polar surface area (TPSA) is 92.4 Å². The minimum atomic E-state index is -8.89. The minimum Gasteiger partial charge on any atom is -0.396 e. The Morgan fingerprint density at radius 2 is 1.05 bits per heavy atom. The van der Waals surface area contributed by atoms with Gasteiger partial charge in [0, 0.05) is 26.3 Å². The standard InChI is InChI=1S/C8HF17O3S.C6H10N2O/c9-1(10,3(13,14)5(17,18)7(21,22)23)2(11,12)4(15,16)6(19,20)8(24,25)29(26,27)28;1-8-4-2-6(7-8)3-5-9/h(H,26,27,28);2,4,9H,3,5H2,1H3. The van der Waals surface area contributed by atoms with E-state index >= 15 is 0 Å². The number of aryl methyl sites for hydroxylation is 1. The fourth-order valence-corrected chi connectivity index (χ4v) is 2.47. The van der Waals surface area contributed by atoms with Crippen LogP contribution in [0.1, 0.15) is 5.69 Å². The van der Waals surface area contributed by atoms with Gasteiger partial charge in [-0.3, -0.25) is 9.23 Å². The second kappa shape index (κ2) is 10.1. The van der Waals surface area contributed by atoms with Crippen LogP contribution in [-0.2, 0) is 23.6 Å². The minimum absolute atomic E-state index is 0.178. The Morgan fingerprint density at radius 3 is 1.32 bits per heavy atom. The van der Waals surface area contributed by atoms with Crippen LogP contribution in [0.5, 0.6) is 0 Å². The van der Waals surface area contributed by atoms with Crippen LogP contribution in [0.15, 0.2) is 12.3 Å². The molecule has 0 atom stereocenters. The lowest BCUT2D eigenvalue weighted by Gasteiger charge is -2.42. The molecule has 24 heteroatoms. The van der Waals surface area contributed by atoms with Gasteiger partial charge < -0.3 is 5.11 Å². The van der Waals surface area contributed by atoms with E-state index in [9.17, 15) is 83.1 Å². The van der Waals surface area contributed by atoms with E-state index in [-0.39, 0.29) is 6.61 Å². The van der Waals surface area contributed by atoms with Crippen molar-refractivity contribution in [2.75, 3.05) is 6.61 Å². The molecule has 0 amide bonds. The molecule has 1 aromatic heterocycles. The lowest BCUT2D eigenvalue weighted by Crippen LogP contribution is -2.74. The molecule has 0 aliphatic heterocycles. The number of aromatic nitrogens is 2. The van der Waals surface area contributed by atoms with Crippen LogP contribution in [0.25, 0.3) is 0 Å². The molecule has 0 saturated heterocycles. The van der Waals surface area contributed by atoms with E-state index < -0.39 is 57.1 Å². The summed E-state index contributed by atoms with van der Waals surface area (Å²) in [7, 11) is -6.03. The molecule has 226 valence electrons. The third kappa shape index (κ3) is 5.47. The van der Waals surface area contributed by atoms with E-state index in [0.29, 0.717) is 6.42 Å². The molecule has 0 bridgehead atoms. The summed E-state index contributed by atoms with van der Waals surface area (Å²) in [5, 5.41) is 4.69. The number of hydrogen-bond acceptors (Lipinski definition) is 4. The van der Waals surface area contributed by atoms with E-state index in [1.807, 2.05) is 19.3 Å². The maximum Gasteiger partial charge on any atom is 0.460 e. The molecule has 0 aliphatic rings. The Balaban J connectivity index is 0.00000127. The summed E-state index contributed by atoms with van der Waals surface area (Å²) >= 11 is 0. The van der Waals surface area contributed by atoms with Crippen molar-refractivity contribution in [2.24, 2.45) is 7.05 Å². The zero-order valence-electron chi connectivity index (χ0n) is 17.5. The van der Waals surface area contributed by atoms with Crippen LogP contribution in [-0.4, -0.2) is 81.4 Å². The number of nitrogens with zero attached hydrogens (tertiary/aromatic N) is 2. The molecular formula is C14H11F17N2O4S. The van der Waals surface area contributed by atoms with E-state index in [4.69, 9.17) is 9.66 Å². The number of aliphatic hydroxyl groups excluding tert-OH is 1. The highest BCUT2D eigenvalue weighted by Crippen LogP contribution is 2.64. The average Bonchev–Trinajstić information content (AvgIpc) is 3.10. The van der Waals surface area contributed by atoms with Crippen LogP contribution in [0.3, 0.4) is 0 Å². The Bertz CT molecular complexity index is 1060. The Hall–Kier alpha value is -2.11. The van der Waals surface area contributed by atoms with Crippen molar-refractivity contribution in [3.05, 3.63) is 18.0 Å². The maximum atomic E-state index is 13.0. The van der Waals surface area contributed by atoms with Gasteiger partial charge in [-0.1, -0.05) is 0 Å². The quantitative estimate of drug-likeness (QED) is 0.304. The molecule has 0 radical (unpaired) electrons. The van der Waals surface area contributed by atoms with Crippen molar-refractivity contribution in [3.8, 4) is 0 Å². The highest BCUT2D eigenvalue weighted by atomic mass is 32.2. The average molecular weight is 626 g/mol. The lowest BCUT2D eigenvalue weighted by atomic mass is 9.91. The van der Waals surface area contributed by atoms with Gasteiger partial charge in [-0.2, -0.15) is 88.2 Å². The highest BCUT2D eigenvalue weighted by Gasteiger charge is 2.96. The Kier molecular flexibility index (Phi) is 9.57. The fraction of sp³-hybridized carbons (Fsp3) is 0.786. The van der Waals surface area contributed by atoms with Gasteiger partial charge in [0.2, 0.25) is 0 Å². The van der Waals surface area contributed by atoms with Gasteiger partial charge in [-0.15, -0.1) is 0 Å². The van der Waals surface area contributed by atoms with E-state index in [1.54, 1.807) is 4.68 Å². The van der Waals surface area contributed by atoms with E-state index in [2.05, 4.69) is 5.10 Å². The summed E-state index contributed by atoms with van der Waals surface area (Å²) < 4.78 is 244. The number of aliphatic hydroxyl groups is 1. The summed E-state index contributed by atoms with van der Waals surface area (Å²) in [5.41, 5.74) is 0.944. The second-order valence-corrected chi connectivity index (χ2v) is 8.35. The second-order valence-electron chi connectivity index (χ2n) is 6.89. The summed E-state index contributed by atoms with van der Waals surface area (Å²) in [4.78, 5) is 0. The highest BCUT2D eigenvalue weighted by molar-refractivity contribution is 7.87. The third-order valence-corrected chi connectivity index (χ3v) is 5.06. The van der Waals surface area contributed by atoms with Gasteiger partial charge in [0.1, 0.15) is 0 Å². The van der Waals surface area contributed by atoms with Crippen LogP contribution in [0.2, 0.25) is 0 Å². The molecule has 1 heterocycles. The Morgan fingerprint density at radius 1 is 0.711 bits per heavy atom. The molecule has 0 spiro atoms. The number of hydrogen-bond donors (Lipinski definition) is 2. The van der Waals surface area contributed by atoms with Gasteiger partial charge in [-0.05, 0) is 6.07 Å². The van der Waals surface area contributed by atoms with Gasteiger partial charge in [0.05, 0.1) is 5.69 Å². The predicted molar refractivity (Wildman–Crippen MR) is 86.2 cm³/mol. The van der Waals surface area contributed by atoms with Crippen molar-refractivity contribution >= 4 is 10.1 Å². The molecule has 1 aromatic rings. The van der Waals surface area contributed by atoms with Crippen molar-refractivity contribution in [2.45, 2.75) is 53.4 Å². The smallest absolute Gasteiger partial charge is 0.396 e. The third-order valence-electron chi connectivity index (χ3n) is 4.15. The molecule has 0 saturated carbocycles. The van der Waals surface area contributed by atoms with E-state index in [1.165, 1.54) is 0 Å². The number of alkyl halides is 17. The predicted octanol–water partition coefficient (Wildman–Crippen LogP) is 4.80. The van der Waals surface area contributed by atoms with Crippen molar-refractivity contribution in [3.63, 3.8) is 0 Å². The SMILES string of the molecule is Cn1ccc(CCO)n1.O=S(=O)(O)C(F)(F)C(F)(F)C(F)(F)C(F)(F)C(F)(F)C(F)(F)C(F)(F)C(F)(F)F. The molecule has 38 heavy (non-hydrogen) atoms. The summed E-state index contributed by atoms with van der Waals surface area (Å²) in [6, 6.07) is 1.90. The summed E-state index contributed by atoms with van der Waals surface area (Å²) in [5.74, 6) is -52.0. The first-order chi connectivity index (χ1) is 16.3. The first-order valence-electron chi connectivity index (χ1n) is 8.60. The monoisotopic (exact) mass is 626 g/mol. The van der Waals surface area contributed by atoms with Gasteiger partial charge in [-0.25, -0.2) is 0 Å². The van der Waals surface area contributed by atoms with Crippen LogP contribution in [0, 0.1) is 0 Å². The molecular weight excluding hydrogens is 615 g/mol. The molecule has 0 aliphatic carbocycles. The number of halogens is 17. The maximum absolute atomic E-state index is 13.0. The molecule has 0 aromatic carbocycles. The van der Waals surface area contributed by atoms with Crippen molar-refractivity contribution < 1.29 is 92.7 Å². The first kappa shape index (κ1) is 35.9. The zero-order valence-corrected chi connectivity index (χ0v) is 18.3. The van der Waals surface area contributed by atoms with E-state index in [0.717, 1.165) is 5.69 Å². The summed E-state index contributed by atoms with van der Waals surface area (Å²) in [6.07, 6.45) is -5.36.